The summed E-state index contributed by atoms with van der Waals surface area (Å²) in [6.45, 7) is 4.26. The average molecular weight is 238 g/mol. The van der Waals surface area contributed by atoms with Gasteiger partial charge in [-0.3, -0.25) is 9.59 Å². The molecular weight excluding hydrogens is 216 g/mol. The van der Waals surface area contributed by atoms with Crippen LogP contribution in [0, 0.1) is 11.8 Å². The molecule has 17 heavy (non-hydrogen) atoms. The Morgan fingerprint density at radius 3 is 2.65 bits per heavy atom. The van der Waals surface area contributed by atoms with Crippen molar-refractivity contribution in [3.05, 3.63) is 0 Å². The summed E-state index contributed by atoms with van der Waals surface area (Å²) in [5.74, 6) is 1.15. The lowest BCUT2D eigenvalue weighted by molar-refractivity contribution is -0.138. The smallest absolute Gasteiger partial charge is 0.222 e. The van der Waals surface area contributed by atoms with Gasteiger partial charge < -0.3 is 10.2 Å². The predicted octanol–water partition coefficient (Wildman–Crippen LogP) is 1.16. The van der Waals surface area contributed by atoms with Gasteiger partial charge in [-0.2, -0.15) is 0 Å². The molecule has 96 valence electrons. The number of nitrogens with one attached hydrogen (secondary N) is 1. The van der Waals surface area contributed by atoms with Crippen molar-refractivity contribution in [1.82, 2.24) is 10.2 Å². The van der Waals surface area contributed by atoms with Gasteiger partial charge in [0.05, 0.1) is 0 Å². The van der Waals surface area contributed by atoms with E-state index >= 15 is 0 Å². The van der Waals surface area contributed by atoms with E-state index < -0.39 is 0 Å². The van der Waals surface area contributed by atoms with Crippen molar-refractivity contribution < 1.29 is 9.59 Å². The second-order valence-electron chi connectivity index (χ2n) is 5.66. The largest absolute Gasteiger partial charge is 0.353 e. The molecule has 2 rings (SSSR count). The third kappa shape index (κ3) is 2.45. The summed E-state index contributed by atoms with van der Waals surface area (Å²) >= 11 is 0. The summed E-state index contributed by atoms with van der Waals surface area (Å²) in [5.41, 5.74) is 0. The first-order valence-corrected chi connectivity index (χ1v) is 6.54. The molecule has 0 radical (unpaired) electrons. The van der Waals surface area contributed by atoms with Crippen molar-refractivity contribution in [3.8, 4) is 0 Å². The summed E-state index contributed by atoms with van der Waals surface area (Å²) in [7, 11) is 1.87. The Labute approximate surface area is 103 Å². The highest BCUT2D eigenvalue weighted by Crippen LogP contribution is 2.31. The molecule has 4 heteroatoms. The predicted molar refractivity (Wildman–Crippen MR) is 65.3 cm³/mol. The summed E-state index contributed by atoms with van der Waals surface area (Å²) in [5, 5.41) is 3.08. The minimum absolute atomic E-state index is 0.145. The first-order chi connectivity index (χ1) is 7.99. The van der Waals surface area contributed by atoms with Crippen LogP contribution in [0.1, 0.15) is 39.5 Å². The van der Waals surface area contributed by atoms with Crippen LogP contribution < -0.4 is 5.32 Å². The lowest BCUT2D eigenvalue weighted by Crippen LogP contribution is -2.53. The van der Waals surface area contributed by atoms with E-state index in [0.29, 0.717) is 24.7 Å². The second-order valence-corrected chi connectivity index (χ2v) is 5.66. The standard InChI is InChI=1S/C13H22N2O2/c1-8-4-5-11(16)14-13(8)10-6-9(2)15(3)12(17)7-10/h8-10,13H,4-7H2,1-3H3,(H,14,16). The summed E-state index contributed by atoms with van der Waals surface area (Å²) in [4.78, 5) is 25.2. The topological polar surface area (TPSA) is 49.4 Å². The van der Waals surface area contributed by atoms with Crippen LogP contribution in [-0.4, -0.2) is 35.8 Å². The summed E-state index contributed by atoms with van der Waals surface area (Å²) < 4.78 is 0. The lowest BCUT2D eigenvalue weighted by Gasteiger charge is -2.42. The summed E-state index contributed by atoms with van der Waals surface area (Å²) in [6, 6.07) is 0.476. The third-order valence-electron chi connectivity index (χ3n) is 4.41. The van der Waals surface area contributed by atoms with Gasteiger partial charge in [-0.15, -0.1) is 0 Å². The number of hydrogen-bond donors (Lipinski definition) is 1. The number of likely N-dealkylation sites (tertiary alicyclic amines) is 1. The highest BCUT2D eigenvalue weighted by Gasteiger charge is 2.38. The van der Waals surface area contributed by atoms with E-state index in [1.54, 1.807) is 0 Å². The SMILES string of the molecule is CC1CCC(=O)NC1C1CC(=O)N(C)C(C)C1. The number of rotatable bonds is 1. The van der Waals surface area contributed by atoms with Crippen LogP contribution in [0.2, 0.25) is 0 Å². The Balaban J connectivity index is 2.06. The van der Waals surface area contributed by atoms with Crippen LogP contribution >= 0.6 is 0 Å². The van der Waals surface area contributed by atoms with Crippen molar-refractivity contribution in [1.29, 1.82) is 0 Å². The first kappa shape index (κ1) is 12.4. The van der Waals surface area contributed by atoms with Gasteiger partial charge >= 0.3 is 0 Å². The number of carbonyl (C=O) groups excluding carboxylic acids is 2. The van der Waals surface area contributed by atoms with Crippen LogP contribution in [-0.2, 0) is 9.59 Å². The number of hydrogen-bond acceptors (Lipinski definition) is 2. The molecule has 4 nitrogen and oxygen atoms in total. The highest BCUT2D eigenvalue weighted by atomic mass is 16.2. The van der Waals surface area contributed by atoms with Gasteiger partial charge in [-0.25, -0.2) is 0 Å². The monoisotopic (exact) mass is 238 g/mol. The van der Waals surface area contributed by atoms with E-state index in [9.17, 15) is 9.59 Å². The van der Waals surface area contributed by atoms with Gasteiger partial charge in [-0.1, -0.05) is 6.92 Å². The minimum Gasteiger partial charge on any atom is -0.353 e. The maximum atomic E-state index is 11.9. The molecule has 0 aromatic heterocycles. The van der Waals surface area contributed by atoms with Crippen LogP contribution in [0.5, 0.6) is 0 Å². The Morgan fingerprint density at radius 1 is 1.29 bits per heavy atom. The van der Waals surface area contributed by atoms with Crippen molar-refractivity contribution in [2.75, 3.05) is 7.05 Å². The maximum absolute atomic E-state index is 11.9. The molecule has 0 saturated carbocycles. The Hall–Kier alpha value is -1.06. The van der Waals surface area contributed by atoms with Gasteiger partial charge in [0.2, 0.25) is 11.8 Å². The molecule has 0 spiro atoms. The van der Waals surface area contributed by atoms with Crippen LogP contribution in [0.3, 0.4) is 0 Å². The van der Waals surface area contributed by atoms with Crippen LogP contribution in [0.25, 0.3) is 0 Å². The third-order valence-corrected chi connectivity index (χ3v) is 4.41. The molecule has 0 aromatic carbocycles. The van der Waals surface area contributed by atoms with Gasteiger partial charge in [0.25, 0.3) is 0 Å². The highest BCUT2D eigenvalue weighted by molar-refractivity contribution is 5.79. The molecular formula is C13H22N2O2. The fourth-order valence-electron chi connectivity index (χ4n) is 3.09. The van der Waals surface area contributed by atoms with Gasteiger partial charge in [0.1, 0.15) is 0 Å². The normalized spacial score (nSPS) is 39.1. The maximum Gasteiger partial charge on any atom is 0.222 e. The van der Waals surface area contributed by atoms with Crippen molar-refractivity contribution in [3.63, 3.8) is 0 Å². The van der Waals surface area contributed by atoms with Gasteiger partial charge in [-0.05, 0) is 31.6 Å². The van der Waals surface area contributed by atoms with Crippen molar-refractivity contribution in [2.45, 2.75) is 51.6 Å². The molecule has 0 bridgehead atoms. The number of carbonyl (C=O) groups is 2. The van der Waals surface area contributed by atoms with Gasteiger partial charge in [0, 0.05) is 32.0 Å². The van der Waals surface area contributed by atoms with Crippen LogP contribution in [0.15, 0.2) is 0 Å². The van der Waals surface area contributed by atoms with E-state index in [2.05, 4.69) is 19.2 Å². The zero-order valence-corrected chi connectivity index (χ0v) is 10.9. The van der Waals surface area contributed by atoms with E-state index in [-0.39, 0.29) is 23.9 Å². The van der Waals surface area contributed by atoms with E-state index in [1.807, 2.05) is 11.9 Å². The van der Waals surface area contributed by atoms with Crippen LogP contribution in [0.4, 0.5) is 0 Å². The minimum atomic E-state index is 0.145. The fourth-order valence-corrected chi connectivity index (χ4v) is 3.09. The Kier molecular flexibility index (Phi) is 3.40. The molecule has 2 saturated heterocycles. The van der Waals surface area contributed by atoms with E-state index in [0.717, 1.165) is 12.8 Å². The lowest BCUT2D eigenvalue weighted by atomic mass is 9.77. The average Bonchev–Trinajstić information content (AvgIpc) is 2.28. The molecule has 2 fully saturated rings. The molecule has 2 amide bonds. The number of amides is 2. The molecule has 0 aromatic rings. The molecule has 2 aliphatic heterocycles. The summed E-state index contributed by atoms with van der Waals surface area (Å²) in [6.07, 6.45) is 3.16. The fraction of sp³-hybridized carbons (Fsp3) is 0.846. The van der Waals surface area contributed by atoms with Gasteiger partial charge in [0.15, 0.2) is 0 Å². The Bertz CT molecular complexity index is 329. The molecule has 0 aliphatic carbocycles. The van der Waals surface area contributed by atoms with E-state index in [4.69, 9.17) is 0 Å². The van der Waals surface area contributed by atoms with E-state index in [1.165, 1.54) is 0 Å². The molecule has 2 aliphatic rings. The Morgan fingerprint density at radius 2 is 2.00 bits per heavy atom. The number of nitrogens with zero attached hydrogens (tertiary/aromatic N) is 1. The molecule has 2 heterocycles. The first-order valence-electron chi connectivity index (χ1n) is 6.54. The second kappa shape index (κ2) is 4.67. The number of piperidine rings is 2. The van der Waals surface area contributed by atoms with Crippen molar-refractivity contribution in [2.24, 2.45) is 11.8 Å². The zero-order chi connectivity index (χ0) is 12.6. The molecule has 4 unspecified atom stereocenters. The molecule has 1 N–H and O–H groups in total. The van der Waals surface area contributed by atoms with Crippen molar-refractivity contribution >= 4 is 11.8 Å². The quantitative estimate of drug-likeness (QED) is 0.745. The molecule has 4 atom stereocenters. The zero-order valence-electron chi connectivity index (χ0n) is 10.9.